The highest BCUT2D eigenvalue weighted by Crippen LogP contribution is 2.34. The number of carbonyl (C=O) groups is 1. The van der Waals surface area contributed by atoms with Crippen LogP contribution in [0.5, 0.6) is 0 Å². The third-order valence-corrected chi connectivity index (χ3v) is 2.76. The van der Waals surface area contributed by atoms with Gasteiger partial charge in [-0.05, 0) is 24.1 Å². The van der Waals surface area contributed by atoms with Crippen molar-refractivity contribution in [1.29, 1.82) is 0 Å². The lowest BCUT2D eigenvalue weighted by Gasteiger charge is -2.13. The molecular formula is C11H10N2O. The monoisotopic (exact) mass is 186 g/mol. The molecule has 0 aromatic heterocycles. The summed E-state index contributed by atoms with van der Waals surface area (Å²) in [5, 5.41) is 3.21. The van der Waals surface area contributed by atoms with Gasteiger partial charge in [0, 0.05) is 18.2 Å². The number of rotatable bonds is 0. The number of nitrogens with zero attached hydrogens (tertiary/aromatic N) is 1. The summed E-state index contributed by atoms with van der Waals surface area (Å²) in [6.07, 6.45) is 3.38. The van der Waals surface area contributed by atoms with Gasteiger partial charge in [0.1, 0.15) is 0 Å². The smallest absolute Gasteiger partial charge is 0.163 e. The van der Waals surface area contributed by atoms with E-state index in [2.05, 4.69) is 10.3 Å². The number of nitrogens with one attached hydrogen (secondary N) is 1. The molecule has 0 atom stereocenters. The number of carbonyl (C=O) groups excluding carboxylic acids is 1. The van der Waals surface area contributed by atoms with Gasteiger partial charge in [0.15, 0.2) is 5.78 Å². The number of anilines is 1. The summed E-state index contributed by atoms with van der Waals surface area (Å²) in [4.78, 5) is 15.8. The summed E-state index contributed by atoms with van der Waals surface area (Å²) in [6.45, 7) is 0.750. The largest absolute Gasteiger partial charge is 0.378 e. The molecule has 0 unspecified atom stereocenters. The molecule has 0 saturated heterocycles. The van der Waals surface area contributed by atoms with Gasteiger partial charge in [-0.1, -0.05) is 0 Å². The molecule has 70 valence electrons. The molecule has 3 nitrogen and oxygen atoms in total. The molecular weight excluding hydrogens is 176 g/mol. The standard InChI is InChI=1S/C11H10N2O/c14-11-2-1-7-5-9-10(6-8(7)11)13-4-3-12-9/h3,5-6,13H,1-2,4H2. The van der Waals surface area contributed by atoms with E-state index in [1.165, 1.54) is 0 Å². The van der Waals surface area contributed by atoms with Crippen molar-refractivity contribution in [2.45, 2.75) is 12.8 Å². The van der Waals surface area contributed by atoms with Gasteiger partial charge in [-0.25, -0.2) is 0 Å². The third kappa shape index (κ3) is 0.985. The first-order chi connectivity index (χ1) is 6.84. The number of aryl methyl sites for hydroxylation is 1. The SMILES string of the molecule is O=C1CCc2cc3c(cc21)NCC=N3. The summed E-state index contributed by atoms with van der Waals surface area (Å²) in [5.74, 6) is 0.263. The molecule has 0 radical (unpaired) electrons. The maximum absolute atomic E-state index is 11.5. The molecule has 3 heteroatoms. The van der Waals surface area contributed by atoms with Crippen LogP contribution in [0.4, 0.5) is 11.4 Å². The fourth-order valence-electron chi connectivity index (χ4n) is 2.03. The second-order valence-electron chi connectivity index (χ2n) is 3.64. The van der Waals surface area contributed by atoms with Crippen molar-refractivity contribution >= 4 is 23.4 Å². The van der Waals surface area contributed by atoms with Crippen LogP contribution in [0.2, 0.25) is 0 Å². The Morgan fingerprint density at radius 2 is 2.21 bits per heavy atom. The third-order valence-electron chi connectivity index (χ3n) is 2.76. The molecule has 1 heterocycles. The van der Waals surface area contributed by atoms with Crippen molar-refractivity contribution < 1.29 is 4.79 Å². The van der Waals surface area contributed by atoms with Gasteiger partial charge in [0.05, 0.1) is 17.9 Å². The lowest BCUT2D eigenvalue weighted by Crippen LogP contribution is -2.07. The Kier molecular flexibility index (Phi) is 1.48. The zero-order chi connectivity index (χ0) is 9.54. The molecule has 1 aromatic rings. The van der Waals surface area contributed by atoms with Crippen LogP contribution >= 0.6 is 0 Å². The quantitative estimate of drug-likeness (QED) is 0.672. The maximum atomic E-state index is 11.5. The van der Waals surface area contributed by atoms with Crippen LogP contribution < -0.4 is 5.32 Å². The van der Waals surface area contributed by atoms with Crippen LogP contribution in [-0.2, 0) is 6.42 Å². The molecule has 2 aliphatic rings. The highest BCUT2D eigenvalue weighted by atomic mass is 16.1. The number of aliphatic imine (C=N–C) groups is 1. The fourth-order valence-corrected chi connectivity index (χ4v) is 2.03. The topological polar surface area (TPSA) is 41.5 Å². The second-order valence-corrected chi connectivity index (χ2v) is 3.64. The van der Waals surface area contributed by atoms with Crippen molar-refractivity contribution in [2.75, 3.05) is 11.9 Å². The molecule has 1 aliphatic carbocycles. The van der Waals surface area contributed by atoms with Crippen LogP contribution in [0.3, 0.4) is 0 Å². The predicted molar refractivity (Wildman–Crippen MR) is 55.7 cm³/mol. The van der Waals surface area contributed by atoms with Crippen LogP contribution in [0.15, 0.2) is 17.1 Å². The van der Waals surface area contributed by atoms with E-state index in [-0.39, 0.29) is 5.78 Å². The second kappa shape index (κ2) is 2.67. The first-order valence-electron chi connectivity index (χ1n) is 4.81. The average molecular weight is 186 g/mol. The minimum absolute atomic E-state index is 0.263. The number of fused-ring (bicyclic) bond motifs is 2. The summed E-state index contributed by atoms with van der Waals surface area (Å²) in [6, 6.07) is 3.97. The van der Waals surface area contributed by atoms with Gasteiger partial charge in [-0.3, -0.25) is 9.79 Å². The Morgan fingerprint density at radius 1 is 1.29 bits per heavy atom. The van der Waals surface area contributed by atoms with Crippen LogP contribution in [0.25, 0.3) is 0 Å². The first kappa shape index (κ1) is 7.74. The Balaban J connectivity index is 2.21. The Hall–Kier alpha value is -1.64. The highest BCUT2D eigenvalue weighted by Gasteiger charge is 2.21. The van der Waals surface area contributed by atoms with Crippen molar-refractivity contribution in [1.82, 2.24) is 0 Å². The van der Waals surface area contributed by atoms with Gasteiger partial charge < -0.3 is 5.32 Å². The fraction of sp³-hybridized carbons (Fsp3) is 0.273. The Labute approximate surface area is 81.9 Å². The molecule has 1 N–H and O–H groups in total. The van der Waals surface area contributed by atoms with E-state index >= 15 is 0 Å². The summed E-state index contributed by atoms with van der Waals surface area (Å²) < 4.78 is 0. The summed E-state index contributed by atoms with van der Waals surface area (Å²) in [5.41, 5.74) is 3.98. The molecule has 1 aliphatic heterocycles. The van der Waals surface area contributed by atoms with Gasteiger partial charge in [0.2, 0.25) is 0 Å². The molecule has 0 bridgehead atoms. The molecule has 0 saturated carbocycles. The van der Waals surface area contributed by atoms with Crippen LogP contribution in [0.1, 0.15) is 22.3 Å². The minimum atomic E-state index is 0.263. The predicted octanol–water partition coefficient (Wildman–Crippen LogP) is 1.94. The highest BCUT2D eigenvalue weighted by molar-refractivity contribution is 6.02. The van der Waals surface area contributed by atoms with E-state index in [0.717, 1.165) is 35.5 Å². The van der Waals surface area contributed by atoms with E-state index in [0.29, 0.717) is 6.42 Å². The summed E-state index contributed by atoms with van der Waals surface area (Å²) in [7, 11) is 0. The van der Waals surface area contributed by atoms with E-state index < -0.39 is 0 Å². The van der Waals surface area contributed by atoms with E-state index in [1.54, 1.807) is 0 Å². The minimum Gasteiger partial charge on any atom is -0.378 e. The Bertz CT molecular complexity index is 449. The lowest BCUT2D eigenvalue weighted by atomic mass is 10.1. The van der Waals surface area contributed by atoms with E-state index in [9.17, 15) is 4.79 Å². The van der Waals surface area contributed by atoms with Crippen molar-refractivity contribution in [3.05, 3.63) is 23.3 Å². The first-order valence-corrected chi connectivity index (χ1v) is 4.81. The van der Waals surface area contributed by atoms with E-state index in [4.69, 9.17) is 0 Å². The van der Waals surface area contributed by atoms with Gasteiger partial charge in [-0.15, -0.1) is 0 Å². The average Bonchev–Trinajstić information content (AvgIpc) is 2.57. The normalized spacial score (nSPS) is 17.6. The number of ketones is 1. The zero-order valence-corrected chi connectivity index (χ0v) is 7.71. The molecule has 1 aromatic carbocycles. The van der Waals surface area contributed by atoms with Gasteiger partial charge in [0.25, 0.3) is 0 Å². The molecule has 0 fully saturated rings. The molecule has 0 spiro atoms. The van der Waals surface area contributed by atoms with Crippen molar-refractivity contribution in [2.24, 2.45) is 4.99 Å². The van der Waals surface area contributed by atoms with Gasteiger partial charge in [-0.2, -0.15) is 0 Å². The van der Waals surface area contributed by atoms with Gasteiger partial charge >= 0.3 is 0 Å². The summed E-state index contributed by atoms with van der Waals surface area (Å²) >= 11 is 0. The van der Waals surface area contributed by atoms with Crippen molar-refractivity contribution in [3.8, 4) is 0 Å². The van der Waals surface area contributed by atoms with E-state index in [1.807, 2.05) is 18.3 Å². The Morgan fingerprint density at radius 3 is 3.14 bits per heavy atom. The molecule has 0 amide bonds. The van der Waals surface area contributed by atoms with Crippen LogP contribution in [0, 0.1) is 0 Å². The number of benzene rings is 1. The molecule has 3 rings (SSSR count). The molecule has 14 heavy (non-hydrogen) atoms. The maximum Gasteiger partial charge on any atom is 0.163 e. The number of hydrogen-bond acceptors (Lipinski definition) is 3. The van der Waals surface area contributed by atoms with Crippen LogP contribution in [-0.4, -0.2) is 18.5 Å². The zero-order valence-electron chi connectivity index (χ0n) is 7.71. The number of hydrogen-bond donors (Lipinski definition) is 1. The lowest BCUT2D eigenvalue weighted by molar-refractivity contribution is 0.0994. The number of Topliss-reactive ketones (excluding diaryl/α,β-unsaturated/α-hetero) is 1. The van der Waals surface area contributed by atoms with Crippen molar-refractivity contribution in [3.63, 3.8) is 0 Å².